The third-order valence-electron chi connectivity index (χ3n) is 1.97. The van der Waals surface area contributed by atoms with E-state index in [0.717, 1.165) is 25.7 Å². The second-order valence-corrected chi connectivity index (χ2v) is 3.42. The van der Waals surface area contributed by atoms with Gasteiger partial charge in [-0.1, -0.05) is 25.5 Å². The number of allylic oxidation sites excluding steroid dienone is 2. The Morgan fingerprint density at radius 1 is 1.36 bits per heavy atom. The molecule has 2 N–H and O–H groups in total. The lowest BCUT2D eigenvalue weighted by Crippen LogP contribution is -2.12. The first-order valence-electron chi connectivity index (χ1n) is 5.21. The lowest BCUT2D eigenvalue weighted by Gasteiger charge is -2.05. The highest BCUT2D eigenvalue weighted by molar-refractivity contribution is 5.67. The predicted octanol–water partition coefficient (Wildman–Crippen LogP) is 2.35. The number of hydrogen-bond acceptors (Lipinski definition) is 2. The van der Waals surface area contributed by atoms with Crippen LogP contribution in [0.25, 0.3) is 0 Å². The van der Waals surface area contributed by atoms with Crippen molar-refractivity contribution >= 4 is 5.97 Å². The quantitative estimate of drug-likeness (QED) is 0.467. The van der Waals surface area contributed by atoms with Crippen LogP contribution in [0.5, 0.6) is 0 Å². The fourth-order valence-corrected chi connectivity index (χ4v) is 1.23. The minimum Gasteiger partial charge on any atom is -0.481 e. The van der Waals surface area contributed by atoms with Crippen LogP contribution in [-0.2, 0) is 4.79 Å². The molecular formula is C11H20O3. The van der Waals surface area contributed by atoms with E-state index in [1.165, 1.54) is 0 Å². The van der Waals surface area contributed by atoms with E-state index in [-0.39, 0.29) is 6.42 Å². The number of carbonyl (C=O) groups is 1. The van der Waals surface area contributed by atoms with Crippen molar-refractivity contribution in [3.8, 4) is 0 Å². The number of unbranched alkanes of at least 4 members (excludes halogenated alkanes) is 2. The molecule has 0 spiro atoms. The normalized spacial score (nSPS) is 13.3. The first kappa shape index (κ1) is 13.2. The number of aliphatic carboxylic acids is 1. The highest BCUT2D eigenvalue weighted by Gasteiger charge is 2.07. The molecule has 0 rings (SSSR count). The molecule has 14 heavy (non-hydrogen) atoms. The SMILES string of the molecule is CC/C=C/CCCCC(O)CC(=O)O. The maximum absolute atomic E-state index is 10.2. The number of aliphatic hydroxyl groups excluding tert-OH is 1. The van der Waals surface area contributed by atoms with Gasteiger partial charge in [-0.05, 0) is 25.7 Å². The van der Waals surface area contributed by atoms with Gasteiger partial charge >= 0.3 is 5.97 Å². The van der Waals surface area contributed by atoms with Crippen LogP contribution in [0.4, 0.5) is 0 Å². The van der Waals surface area contributed by atoms with Gasteiger partial charge in [-0.15, -0.1) is 0 Å². The standard InChI is InChI=1S/C11H20O3/c1-2-3-4-5-6-7-8-10(12)9-11(13)14/h3-4,10,12H,2,5-9H2,1H3,(H,13,14)/b4-3+. The molecule has 0 aliphatic carbocycles. The van der Waals surface area contributed by atoms with Gasteiger partial charge in [0.1, 0.15) is 0 Å². The van der Waals surface area contributed by atoms with Crippen LogP contribution in [0.15, 0.2) is 12.2 Å². The Morgan fingerprint density at radius 2 is 2.07 bits per heavy atom. The molecule has 0 bridgehead atoms. The Labute approximate surface area is 85.4 Å². The fourth-order valence-electron chi connectivity index (χ4n) is 1.23. The van der Waals surface area contributed by atoms with Crippen LogP contribution in [0.3, 0.4) is 0 Å². The predicted molar refractivity (Wildman–Crippen MR) is 56.2 cm³/mol. The Balaban J connectivity index is 3.27. The summed E-state index contributed by atoms with van der Waals surface area (Å²) in [7, 11) is 0. The van der Waals surface area contributed by atoms with E-state index in [4.69, 9.17) is 5.11 Å². The summed E-state index contributed by atoms with van der Waals surface area (Å²) in [4.78, 5) is 10.2. The summed E-state index contributed by atoms with van der Waals surface area (Å²) in [6.45, 7) is 2.09. The minimum absolute atomic E-state index is 0.134. The zero-order valence-corrected chi connectivity index (χ0v) is 8.78. The zero-order chi connectivity index (χ0) is 10.8. The third-order valence-corrected chi connectivity index (χ3v) is 1.97. The van der Waals surface area contributed by atoms with Crippen molar-refractivity contribution in [3.63, 3.8) is 0 Å². The maximum Gasteiger partial charge on any atom is 0.305 e. The van der Waals surface area contributed by atoms with Gasteiger partial charge in [-0.3, -0.25) is 4.79 Å². The lowest BCUT2D eigenvalue weighted by atomic mass is 10.1. The van der Waals surface area contributed by atoms with E-state index in [1.54, 1.807) is 0 Å². The molecule has 0 aromatic rings. The van der Waals surface area contributed by atoms with E-state index in [1.807, 2.05) is 0 Å². The molecule has 3 nitrogen and oxygen atoms in total. The molecule has 0 amide bonds. The maximum atomic E-state index is 10.2. The van der Waals surface area contributed by atoms with Gasteiger partial charge in [0.15, 0.2) is 0 Å². The van der Waals surface area contributed by atoms with Gasteiger partial charge in [-0.2, -0.15) is 0 Å². The van der Waals surface area contributed by atoms with Crippen molar-refractivity contribution < 1.29 is 15.0 Å². The van der Waals surface area contributed by atoms with Gasteiger partial charge in [-0.25, -0.2) is 0 Å². The second-order valence-electron chi connectivity index (χ2n) is 3.42. The molecule has 1 unspecified atom stereocenters. The van der Waals surface area contributed by atoms with E-state index in [2.05, 4.69) is 19.1 Å². The summed E-state index contributed by atoms with van der Waals surface area (Å²) in [5, 5.41) is 17.6. The van der Waals surface area contributed by atoms with Crippen molar-refractivity contribution in [2.24, 2.45) is 0 Å². The van der Waals surface area contributed by atoms with Crippen molar-refractivity contribution in [1.82, 2.24) is 0 Å². The summed E-state index contributed by atoms with van der Waals surface area (Å²) in [5.41, 5.74) is 0. The highest BCUT2D eigenvalue weighted by atomic mass is 16.4. The molecule has 0 aromatic carbocycles. The largest absolute Gasteiger partial charge is 0.481 e. The highest BCUT2D eigenvalue weighted by Crippen LogP contribution is 2.07. The summed E-state index contributed by atoms with van der Waals surface area (Å²) >= 11 is 0. The molecule has 0 aliphatic heterocycles. The van der Waals surface area contributed by atoms with Gasteiger partial charge < -0.3 is 10.2 Å². The van der Waals surface area contributed by atoms with Gasteiger partial charge in [0.2, 0.25) is 0 Å². The Morgan fingerprint density at radius 3 is 2.64 bits per heavy atom. The molecule has 0 saturated carbocycles. The molecule has 0 saturated heterocycles. The smallest absolute Gasteiger partial charge is 0.305 e. The minimum atomic E-state index is -0.927. The van der Waals surface area contributed by atoms with Crippen LogP contribution >= 0.6 is 0 Å². The van der Waals surface area contributed by atoms with Crippen LogP contribution in [0.1, 0.15) is 45.4 Å². The van der Waals surface area contributed by atoms with E-state index < -0.39 is 12.1 Å². The Kier molecular flexibility index (Phi) is 8.24. The van der Waals surface area contributed by atoms with E-state index in [0.29, 0.717) is 6.42 Å². The van der Waals surface area contributed by atoms with Crippen LogP contribution in [0.2, 0.25) is 0 Å². The molecule has 0 aliphatic rings. The molecule has 3 heteroatoms. The molecular weight excluding hydrogens is 180 g/mol. The number of hydrogen-bond donors (Lipinski definition) is 2. The van der Waals surface area contributed by atoms with Crippen molar-refractivity contribution in [2.75, 3.05) is 0 Å². The Hall–Kier alpha value is -0.830. The van der Waals surface area contributed by atoms with Crippen LogP contribution in [0, 0.1) is 0 Å². The monoisotopic (exact) mass is 200 g/mol. The first-order chi connectivity index (χ1) is 6.66. The molecule has 0 aromatic heterocycles. The topological polar surface area (TPSA) is 57.5 Å². The average Bonchev–Trinajstić information content (AvgIpc) is 2.10. The van der Waals surface area contributed by atoms with Crippen LogP contribution in [-0.4, -0.2) is 22.3 Å². The second kappa shape index (κ2) is 8.75. The van der Waals surface area contributed by atoms with Gasteiger partial charge in [0, 0.05) is 0 Å². The molecule has 0 fully saturated rings. The van der Waals surface area contributed by atoms with Crippen LogP contribution < -0.4 is 0 Å². The molecule has 0 radical (unpaired) electrons. The third kappa shape index (κ3) is 9.26. The zero-order valence-electron chi connectivity index (χ0n) is 8.78. The van der Waals surface area contributed by atoms with Crippen molar-refractivity contribution in [3.05, 3.63) is 12.2 Å². The molecule has 0 heterocycles. The lowest BCUT2D eigenvalue weighted by molar-refractivity contribution is -0.139. The van der Waals surface area contributed by atoms with Gasteiger partial charge in [0.25, 0.3) is 0 Å². The number of rotatable bonds is 8. The number of carboxylic acid groups (broad SMARTS) is 1. The fraction of sp³-hybridized carbons (Fsp3) is 0.727. The first-order valence-corrected chi connectivity index (χ1v) is 5.21. The summed E-state index contributed by atoms with van der Waals surface area (Å²) in [5.74, 6) is -0.927. The average molecular weight is 200 g/mol. The number of carboxylic acids is 1. The molecule has 82 valence electrons. The number of aliphatic hydroxyl groups is 1. The van der Waals surface area contributed by atoms with E-state index >= 15 is 0 Å². The molecule has 1 atom stereocenters. The van der Waals surface area contributed by atoms with Gasteiger partial charge in [0.05, 0.1) is 12.5 Å². The van der Waals surface area contributed by atoms with Crippen molar-refractivity contribution in [2.45, 2.75) is 51.6 Å². The summed E-state index contributed by atoms with van der Waals surface area (Å²) in [6.07, 6.45) is 8.02. The van der Waals surface area contributed by atoms with Crippen molar-refractivity contribution in [1.29, 1.82) is 0 Å². The summed E-state index contributed by atoms with van der Waals surface area (Å²) in [6, 6.07) is 0. The Bertz CT molecular complexity index is 175. The summed E-state index contributed by atoms with van der Waals surface area (Å²) < 4.78 is 0. The van der Waals surface area contributed by atoms with E-state index in [9.17, 15) is 9.90 Å².